The summed E-state index contributed by atoms with van der Waals surface area (Å²) < 4.78 is 11.5. The number of hydrogen-bond donors (Lipinski definition) is 1. The number of aromatic nitrogens is 3. The fraction of sp³-hybridized carbons (Fsp3) is 0.0952. The third-order valence-corrected chi connectivity index (χ3v) is 4.31. The normalized spacial score (nSPS) is 11.9. The molecular formula is C21H18N4O2. The molecule has 0 fully saturated rings. The van der Waals surface area contributed by atoms with Crippen LogP contribution in [0.25, 0.3) is 11.3 Å². The smallest absolute Gasteiger partial charge is 0.174 e. The first-order chi connectivity index (χ1) is 13.3. The Balaban J connectivity index is 1.72. The maximum absolute atomic E-state index is 6.05. The Morgan fingerprint density at radius 1 is 0.963 bits per heavy atom. The van der Waals surface area contributed by atoms with E-state index in [9.17, 15) is 0 Å². The van der Waals surface area contributed by atoms with Crippen LogP contribution >= 0.6 is 0 Å². The number of ether oxygens (including phenoxy) is 1. The number of nitrogens with zero attached hydrogens (tertiary/aromatic N) is 3. The molecule has 3 aromatic heterocycles. The zero-order chi connectivity index (χ0) is 18.5. The van der Waals surface area contributed by atoms with Crippen LogP contribution in [0.5, 0.6) is 5.75 Å². The van der Waals surface area contributed by atoms with E-state index in [-0.39, 0.29) is 5.92 Å². The highest BCUT2D eigenvalue weighted by molar-refractivity contribution is 5.72. The number of anilines is 1. The number of pyridine rings is 2. The molecule has 3 heterocycles. The molecule has 4 aromatic rings. The second kappa shape index (κ2) is 7.70. The molecule has 0 amide bonds. The second-order valence-electron chi connectivity index (χ2n) is 6.01. The van der Waals surface area contributed by atoms with E-state index in [1.54, 1.807) is 24.8 Å². The summed E-state index contributed by atoms with van der Waals surface area (Å²) in [6.45, 7) is 0.407. The molecule has 2 N–H and O–H groups in total. The van der Waals surface area contributed by atoms with Crippen LogP contribution in [0, 0.1) is 0 Å². The number of nitrogens with two attached hydrogens (primary N) is 1. The van der Waals surface area contributed by atoms with Crippen molar-refractivity contribution in [3.8, 4) is 17.1 Å². The van der Waals surface area contributed by atoms with Gasteiger partial charge >= 0.3 is 0 Å². The third-order valence-electron chi connectivity index (χ3n) is 4.31. The molecule has 0 bridgehead atoms. The van der Waals surface area contributed by atoms with Crippen molar-refractivity contribution in [2.24, 2.45) is 0 Å². The SMILES string of the molecule is Nc1ncccc1-c1oncc1C(COc1cccnc1)c1ccccc1. The van der Waals surface area contributed by atoms with Crippen molar-refractivity contribution < 1.29 is 9.26 Å². The lowest BCUT2D eigenvalue weighted by atomic mass is 9.91. The van der Waals surface area contributed by atoms with Crippen molar-refractivity contribution in [3.05, 3.63) is 90.5 Å². The van der Waals surface area contributed by atoms with Gasteiger partial charge in [0, 0.05) is 23.9 Å². The van der Waals surface area contributed by atoms with E-state index in [0.29, 0.717) is 29.5 Å². The van der Waals surface area contributed by atoms with Gasteiger partial charge in [-0.1, -0.05) is 35.5 Å². The summed E-state index contributed by atoms with van der Waals surface area (Å²) in [4.78, 5) is 8.25. The van der Waals surface area contributed by atoms with Gasteiger partial charge < -0.3 is 15.0 Å². The minimum Gasteiger partial charge on any atom is -0.491 e. The molecule has 1 unspecified atom stereocenters. The highest BCUT2D eigenvalue weighted by Gasteiger charge is 2.24. The molecule has 134 valence electrons. The van der Waals surface area contributed by atoms with Crippen LogP contribution in [0.3, 0.4) is 0 Å². The van der Waals surface area contributed by atoms with Crippen molar-refractivity contribution >= 4 is 5.82 Å². The predicted octanol–water partition coefficient (Wildman–Crippen LogP) is 3.92. The topological polar surface area (TPSA) is 87.1 Å². The summed E-state index contributed by atoms with van der Waals surface area (Å²) >= 11 is 0. The quantitative estimate of drug-likeness (QED) is 0.562. The Labute approximate surface area is 156 Å². The standard InChI is InChI=1S/C21H18N4O2/c22-21-17(9-5-11-24-21)20-18(13-25-27-20)19(15-6-2-1-3-7-15)14-26-16-8-4-10-23-12-16/h1-13,19H,14H2,(H2,22,24). The van der Waals surface area contributed by atoms with Crippen LogP contribution in [0.2, 0.25) is 0 Å². The first-order valence-corrected chi connectivity index (χ1v) is 8.56. The Bertz CT molecular complexity index is 1000. The maximum atomic E-state index is 6.05. The summed E-state index contributed by atoms with van der Waals surface area (Å²) in [6, 6.07) is 17.5. The molecule has 1 atom stereocenters. The average Bonchev–Trinajstić information content (AvgIpc) is 3.19. The molecule has 0 aliphatic heterocycles. The zero-order valence-electron chi connectivity index (χ0n) is 14.5. The van der Waals surface area contributed by atoms with Crippen LogP contribution in [0.15, 0.2) is 83.9 Å². The van der Waals surface area contributed by atoms with Gasteiger partial charge in [-0.25, -0.2) is 4.98 Å². The summed E-state index contributed by atoms with van der Waals surface area (Å²) in [7, 11) is 0. The average molecular weight is 358 g/mol. The molecule has 1 aromatic carbocycles. The highest BCUT2D eigenvalue weighted by atomic mass is 16.5. The van der Waals surface area contributed by atoms with Gasteiger partial charge in [-0.3, -0.25) is 4.98 Å². The fourth-order valence-corrected chi connectivity index (χ4v) is 2.97. The molecule has 6 heteroatoms. The van der Waals surface area contributed by atoms with Gasteiger partial charge in [0.2, 0.25) is 0 Å². The predicted molar refractivity (Wildman–Crippen MR) is 102 cm³/mol. The Morgan fingerprint density at radius 3 is 2.59 bits per heavy atom. The van der Waals surface area contributed by atoms with E-state index in [1.807, 2.05) is 42.5 Å². The molecule has 0 saturated heterocycles. The number of hydrogen-bond acceptors (Lipinski definition) is 6. The Morgan fingerprint density at radius 2 is 1.81 bits per heavy atom. The number of nitrogen functional groups attached to an aromatic ring is 1. The zero-order valence-corrected chi connectivity index (χ0v) is 14.5. The first-order valence-electron chi connectivity index (χ1n) is 8.56. The molecule has 27 heavy (non-hydrogen) atoms. The van der Waals surface area contributed by atoms with E-state index in [0.717, 1.165) is 11.1 Å². The second-order valence-corrected chi connectivity index (χ2v) is 6.01. The van der Waals surface area contributed by atoms with Crippen LogP contribution < -0.4 is 10.5 Å². The molecular weight excluding hydrogens is 340 g/mol. The molecule has 0 saturated carbocycles. The lowest BCUT2D eigenvalue weighted by molar-refractivity contribution is 0.302. The van der Waals surface area contributed by atoms with Gasteiger partial charge in [-0.05, 0) is 29.8 Å². The molecule has 0 spiro atoms. The third kappa shape index (κ3) is 3.64. The van der Waals surface area contributed by atoms with Gasteiger partial charge in [-0.15, -0.1) is 0 Å². The molecule has 0 radical (unpaired) electrons. The summed E-state index contributed by atoms with van der Waals surface area (Å²) in [5.74, 6) is 1.62. The van der Waals surface area contributed by atoms with E-state index in [1.165, 1.54) is 0 Å². The van der Waals surface area contributed by atoms with E-state index >= 15 is 0 Å². The number of benzene rings is 1. The lowest BCUT2D eigenvalue weighted by Gasteiger charge is -2.18. The van der Waals surface area contributed by atoms with Crippen molar-refractivity contribution in [2.45, 2.75) is 5.92 Å². The van der Waals surface area contributed by atoms with Gasteiger partial charge in [0.05, 0.1) is 24.6 Å². The minimum atomic E-state index is -0.0905. The monoisotopic (exact) mass is 358 g/mol. The van der Waals surface area contributed by atoms with E-state index in [4.69, 9.17) is 15.0 Å². The summed E-state index contributed by atoms with van der Waals surface area (Å²) in [6.07, 6.45) is 6.77. The van der Waals surface area contributed by atoms with Crippen LogP contribution in [-0.4, -0.2) is 21.7 Å². The maximum Gasteiger partial charge on any atom is 0.174 e. The Hall–Kier alpha value is -3.67. The molecule has 4 rings (SSSR count). The van der Waals surface area contributed by atoms with Gasteiger partial charge in [0.25, 0.3) is 0 Å². The molecule has 6 nitrogen and oxygen atoms in total. The van der Waals surface area contributed by atoms with Crippen molar-refractivity contribution in [3.63, 3.8) is 0 Å². The first kappa shape index (κ1) is 16.8. The van der Waals surface area contributed by atoms with Gasteiger partial charge in [0.1, 0.15) is 11.6 Å². The van der Waals surface area contributed by atoms with Crippen LogP contribution in [-0.2, 0) is 0 Å². The van der Waals surface area contributed by atoms with Crippen LogP contribution in [0.1, 0.15) is 17.0 Å². The highest BCUT2D eigenvalue weighted by Crippen LogP contribution is 2.35. The fourth-order valence-electron chi connectivity index (χ4n) is 2.97. The van der Waals surface area contributed by atoms with Crippen molar-refractivity contribution in [2.75, 3.05) is 12.3 Å². The van der Waals surface area contributed by atoms with E-state index < -0.39 is 0 Å². The van der Waals surface area contributed by atoms with Gasteiger partial charge in [-0.2, -0.15) is 0 Å². The van der Waals surface area contributed by atoms with E-state index in [2.05, 4.69) is 27.3 Å². The largest absolute Gasteiger partial charge is 0.491 e. The number of rotatable bonds is 6. The Kier molecular flexibility index (Phi) is 4.78. The van der Waals surface area contributed by atoms with Crippen molar-refractivity contribution in [1.82, 2.24) is 15.1 Å². The summed E-state index contributed by atoms with van der Waals surface area (Å²) in [5, 5.41) is 4.01. The molecule has 0 aliphatic rings. The lowest BCUT2D eigenvalue weighted by Crippen LogP contribution is -2.12. The van der Waals surface area contributed by atoms with Gasteiger partial charge in [0.15, 0.2) is 5.76 Å². The van der Waals surface area contributed by atoms with Crippen LogP contribution in [0.4, 0.5) is 5.82 Å². The van der Waals surface area contributed by atoms with Crippen molar-refractivity contribution in [1.29, 1.82) is 0 Å². The minimum absolute atomic E-state index is 0.0905. The summed E-state index contributed by atoms with van der Waals surface area (Å²) in [5.41, 5.74) is 8.75. The molecule has 0 aliphatic carbocycles.